The molecule has 31 heavy (non-hydrogen) atoms. The molecule has 2 aromatic heterocycles. The van der Waals surface area contributed by atoms with Gasteiger partial charge in [0.25, 0.3) is 5.91 Å². The third kappa shape index (κ3) is 4.73. The quantitative estimate of drug-likeness (QED) is 0.476. The topological polar surface area (TPSA) is 67.2 Å². The summed E-state index contributed by atoms with van der Waals surface area (Å²) in [6.07, 6.45) is 1.98. The SMILES string of the molecule is CC(=O)Nc1ccc(C(=O)N(C)Cc2cn(-c3ccccc3)nc2-c2cccs2)cc1. The van der Waals surface area contributed by atoms with Crippen LogP contribution in [0.2, 0.25) is 0 Å². The second kappa shape index (κ2) is 8.97. The molecule has 0 saturated carbocycles. The van der Waals surface area contributed by atoms with Crippen LogP contribution in [-0.2, 0) is 11.3 Å². The standard InChI is InChI=1S/C24H22N4O2S/c1-17(29)25-20-12-10-18(11-13-20)24(30)27(2)15-19-16-28(21-7-4-3-5-8-21)26-23(19)22-9-6-14-31-22/h3-14,16H,15H2,1-2H3,(H,25,29). The van der Waals surface area contributed by atoms with Gasteiger partial charge in [0.15, 0.2) is 0 Å². The van der Waals surface area contributed by atoms with Gasteiger partial charge in [0.05, 0.1) is 10.6 Å². The molecule has 0 atom stereocenters. The Morgan fingerprint density at radius 2 is 1.77 bits per heavy atom. The Morgan fingerprint density at radius 1 is 1.03 bits per heavy atom. The number of hydrogen-bond acceptors (Lipinski definition) is 4. The summed E-state index contributed by atoms with van der Waals surface area (Å²) < 4.78 is 1.85. The lowest BCUT2D eigenvalue weighted by atomic mass is 10.1. The Kier molecular flexibility index (Phi) is 5.95. The average Bonchev–Trinajstić information content (AvgIpc) is 3.44. The van der Waals surface area contributed by atoms with Crippen LogP contribution in [0, 0.1) is 0 Å². The molecule has 1 N–H and O–H groups in total. The molecule has 6 nitrogen and oxygen atoms in total. The Morgan fingerprint density at radius 3 is 2.42 bits per heavy atom. The first-order chi connectivity index (χ1) is 15.0. The molecule has 0 aliphatic carbocycles. The van der Waals surface area contributed by atoms with Gasteiger partial charge in [-0.2, -0.15) is 5.10 Å². The van der Waals surface area contributed by atoms with Crippen LogP contribution in [0.1, 0.15) is 22.8 Å². The Hall–Kier alpha value is -3.71. The van der Waals surface area contributed by atoms with Crippen molar-refractivity contribution in [3.63, 3.8) is 0 Å². The summed E-state index contributed by atoms with van der Waals surface area (Å²) in [5.74, 6) is -0.244. The number of anilines is 1. The van der Waals surface area contributed by atoms with E-state index in [4.69, 9.17) is 5.10 Å². The van der Waals surface area contributed by atoms with Crippen molar-refractivity contribution in [2.75, 3.05) is 12.4 Å². The molecule has 4 aromatic rings. The Bertz CT molecular complexity index is 1180. The second-order valence-electron chi connectivity index (χ2n) is 7.18. The lowest BCUT2D eigenvalue weighted by Gasteiger charge is -2.17. The molecule has 0 fully saturated rings. The molecular weight excluding hydrogens is 408 g/mol. The zero-order valence-corrected chi connectivity index (χ0v) is 18.1. The fourth-order valence-corrected chi connectivity index (χ4v) is 4.05. The van der Waals surface area contributed by atoms with E-state index in [-0.39, 0.29) is 11.8 Å². The van der Waals surface area contributed by atoms with E-state index in [9.17, 15) is 9.59 Å². The number of thiophene rings is 1. The molecule has 2 amide bonds. The number of carbonyl (C=O) groups is 2. The number of nitrogens with one attached hydrogen (secondary N) is 1. The first kappa shape index (κ1) is 20.6. The highest BCUT2D eigenvalue weighted by atomic mass is 32.1. The fourth-order valence-electron chi connectivity index (χ4n) is 3.31. The van der Waals surface area contributed by atoms with Gasteiger partial charge in [0, 0.05) is 43.5 Å². The summed E-state index contributed by atoms with van der Waals surface area (Å²) in [6, 6.07) is 20.9. The summed E-state index contributed by atoms with van der Waals surface area (Å²) in [4.78, 5) is 26.9. The highest BCUT2D eigenvalue weighted by Gasteiger charge is 2.18. The highest BCUT2D eigenvalue weighted by Crippen LogP contribution is 2.28. The maximum absolute atomic E-state index is 13.0. The van der Waals surface area contributed by atoms with E-state index in [0.717, 1.165) is 21.8 Å². The number of amides is 2. The number of aromatic nitrogens is 2. The van der Waals surface area contributed by atoms with Crippen molar-refractivity contribution in [2.24, 2.45) is 0 Å². The third-order valence-electron chi connectivity index (χ3n) is 4.77. The van der Waals surface area contributed by atoms with E-state index >= 15 is 0 Å². The molecule has 0 unspecified atom stereocenters. The molecule has 0 aliphatic rings. The van der Waals surface area contributed by atoms with Crippen LogP contribution in [0.3, 0.4) is 0 Å². The van der Waals surface area contributed by atoms with Crippen molar-refractivity contribution in [1.29, 1.82) is 0 Å². The van der Waals surface area contributed by atoms with Crippen molar-refractivity contribution in [1.82, 2.24) is 14.7 Å². The largest absolute Gasteiger partial charge is 0.337 e. The molecular formula is C24H22N4O2S. The van der Waals surface area contributed by atoms with Crippen LogP contribution in [0.4, 0.5) is 5.69 Å². The normalized spacial score (nSPS) is 10.6. The summed E-state index contributed by atoms with van der Waals surface area (Å²) in [7, 11) is 1.78. The van der Waals surface area contributed by atoms with Crippen LogP contribution in [-0.4, -0.2) is 33.5 Å². The Labute approximate surface area is 184 Å². The van der Waals surface area contributed by atoms with Gasteiger partial charge in [-0.3, -0.25) is 9.59 Å². The molecule has 0 saturated heterocycles. The zero-order chi connectivity index (χ0) is 21.8. The van der Waals surface area contributed by atoms with E-state index in [2.05, 4.69) is 5.32 Å². The number of rotatable bonds is 6. The molecule has 7 heteroatoms. The van der Waals surface area contributed by atoms with Crippen LogP contribution >= 0.6 is 11.3 Å². The maximum atomic E-state index is 13.0. The molecule has 0 radical (unpaired) electrons. The van der Waals surface area contributed by atoms with Gasteiger partial charge >= 0.3 is 0 Å². The molecule has 2 heterocycles. The van der Waals surface area contributed by atoms with Crippen LogP contribution in [0.25, 0.3) is 16.3 Å². The fraction of sp³-hybridized carbons (Fsp3) is 0.125. The van der Waals surface area contributed by atoms with Gasteiger partial charge in [0.1, 0.15) is 5.69 Å². The van der Waals surface area contributed by atoms with Gasteiger partial charge in [-0.25, -0.2) is 4.68 Å². The van der Waals surface area contributed by atoms with Crippen molar-refractivity contribution in [2.45, 2.75) is 13.5 Å². The third-order valence-corrected chi connectivity index (χ3v) is 5.65. The first-order valence-electron chi connectivity index (χ1n) is 9.82. The minimum atomic E-state index is -0.146. The van der Waals surface area contributed by atoms with Crippen molar-refractivity contribution in [3.05, 3.63) is 89.4 Å². The summed E-state index contributed by atoms with van der Waals surface area (Å²) >= 11 is 1.62. The molecule has 156 valence electrons. The summed E-state index contributed by atoms with van der Waals surface area (Å²) in [5.41, 5.74) is 4.03. The van der Waals surface area contributed by atoms with E-state index in [1.165, 1.54) is 6.92 Å². The van der Waals surface area contributed by atoms with Crippen molar-refractivity contribution >= 4 is 28.8 Å². The Balaban J connectivity index is 1.58. The maximum Gasteiger partial charge on any atom is 0.253 e. The second-order valence-corrected chi connectivity index (χ2v) is 8.13. The van der Waals surface area contributed by atoms with Crippen LogP contribution in [0.5, 0.6) is 0 Å². The molecule has 0 spiro atoms. The van der Waals surface area contributed by atoms with Crippen molar-refractivity contribution in [3.8, 4) is 16.3 Å². The van der Waals surface area contributed by atoms with Gasteiger partial charge in [-0.1, -0.05) is 24.3 Å². The van der Waals surface area contributed by atoms with Gasteiger partial charge in [0.2, 0.25) is 5.91 Å². The lowest BCUT2D eigenvalue weighted by molar-refractivity contribution is -0.114. The number of nitrogens with zero attached hydrogens (tertiary/aromatic N) is 3. The molecule has 0 bridgehead atoms. The smallest absolute Gasteiger partial charge is 0.253 e. The average molecular weight is 431 g/mol. The number of carbonyl (C=O) groups excluding carboxylic acids is 2. The highest BCUT2D eigenvalue weighted by molar-refractivity contribution is 7.13. The molecule has 2 aromatic carbocycles. The minimum Gasteiger partial charge on any atom is -0.337 e. The number of para-hydroxylation sites is 1. The van der Waals surface area contributed by atoms with Crippen LogP contribution in [0.15, 0.2) is 78.3 Å². The van der Waals surface area contributed by atoms with Gasteiger partial charge in [-0.15, -0.1) is 11.3 Å². The van der Waals surface area contributed by atoms with E-state index in [0.29, 0.717) is 17.8 Å². The van der Waals surface area contributed by atoms with Gasteiger partial charge < -0.3 is 10.2 Å². The lowest BCUT2D eigenvalue weighted by Crippen LogP contribution is -2.26. The molecule has 4 rings (SSSR count). The van der Waals surface area contributed by atoms with E-state index in [1.54, 1.807) is 47.5 Å². The van der Waals surface area contributed by atoms with Gasteiger partial charge in [-0.05, 0) is 47.8 Å². The predicted molar refractivity (Wildman–Crippen MR) is 123 cm³/mol. The predicted octanol–water partition coefficient (Wildman–Crippen LogP) is 4.83. The zero-order valence-electron chi connectivity index (χ0n) is 17.3. The summed E-state index contributed by atoms with van der Waals surface area (Å²) in [6.45, 7) is 1.87. The summed E-state index contributed by atoms with van der Waals surface area (Å²) in [5, 5.41) is 9.52. The van der Waals surface area contributed by atoms with E-state index < -0.39 is 0 Å². The number of benzene rings is 2. The van der Waals surface area contributed by atoms with Crippen LogP contribution < -0.4 is 5.32 Å². The minimum absolute atomic E-state index is 0.0982. The van der Waals surface area contributed by atoms with E-state index in [1.807, 2.05) is 58.7 Å². The molecule has 0 aliphatic heterocycles. The first-order valence-corrected chi connectivity index (χ1v) is 10.7. The number of hydrogen-bond donors (Lipinski definition) is 1. The monoisotopic (exact) mass is 430 g/mol. The van der Waals surface area contributed by atoms with Crippen molar-refractivity contribution < 1.29 is 9.59 Å².